The molecule has 0 atom stereocenters. The number of nitrogens with zero attached hydrogens (tertiary/aromatic N) is 3. The number of rotatable bonds is 6. The number of hydrogen-bond acceptors (Lipinski definition) is 5. The van der Waals surface area contributed by atoms with Gasteiger partial charge in [0, 0.05) is 13.6 Å². The fourth-order valence-corrected chi connectivity index (χ4v) is 1.91. The maximum atomic E-state index is 11.4. The van der Waals surface area contributed by atoms with Crippen molar-refractivity contribution in [1.82, 2.24) is 24.8 Å². The van der Waals surface area contributed by atoms with Crippen LogP contribution in [0.15, 0.2) is 6.33 Å². The molecule has 1 rings (SSSR count). The summed E-state index contributed by atoms with van der Waals surface area (Å²) in [5, 5.41) is 6.73. The van der Waals surface area contributed by atoms with E-state index in [2.05, 4.69) is 20.1 Å². The molecule has 86 valence electrons. The lowest BCUT2D eigenvalue weighted by Gasteiger charge is -2.03. The average molecular weight is 233 g/mol. The van der Waals surface area contributed by atoms with E-state index in [1.807, 2.05) is 0 Å². The van der Waals surface area contributed by atoms with Crippen LogP contribution in [0.1, 0.15) is 5.82 Å². The van der Waals surface area contributed by atoms with Crippen LogP contribution in [-0.4, -0.2) is 42.5 Å². The van der Waals surface area contributed by atoms with Gasteiger partial charge in [0.2, 0.25) is 10.0 Å². The fraction of sp³-hybridized carbons (Fsp3) is 0.714. The van der Waals surface area contributed by atoms with Gasteiger partial charge in [-0.2, -0.15) is 5.10 Å². The van der Waals surface area contributed by atoms with Crippen LogP contribution >= 0.6 is 0 Å². The summed E-state index contributed by atoms with van der Waals surface area (Å²) in [6, 6.07) is 0. The number of sulfonamides is 1. The van der Waals surface area contributed by atoms with Gasteiger partial charge in [-0.15, -0.1) is 0 Å². The number of aromatic nitrogens is 3. The van der Waals surface area contributed by atoms with Crippen molar-refractivity contribution >= 4 is 10.0 Å². The molecule has 2 N–H and O–H groups in total. The molecule has 15 heavy (non-hydrogen) atoms. The van der Waals surface area contributed by atoms with E-state index in [0.717, 1.165) is 0 Å². The zero-order chi connectivity index (χ0) is 11.3. The van der Waals surface area contributed by atoms with Gasteiger partial charge >= 0.3 is 0 Å². The Morgan fingerprint density at radius 1 is 1.53 bits per heavy atom. The summed E-state index contributed by atoms with van der Waals surface area (Å²) in [7, 11) is 0.198. The highest BCUT2D eigenvalue weighted by Gasteiger charge is 2.10. The third-order valence-corrected chi connectivity index (χ3v) is 3.04. The summed E-state index contributed by atoms with van der Waals surface area (Å²) in [6.45, 7) is 0.553. The van der Waals surface area contributed by atoms with Crippen LogP contribution in [0, 0.1) is 0 Å². The highest BCUT2D eigenvalue weighted by atomic mass is 32.2. The molecule has 0 unspecified atom stereocenters. The molecule has 1 aromatic rings. The molecular formula is C7H15N5O2S. The predicted octanol–water partition coefficient (Wildman–Crippen LogP) is -1.55. The van der Waals surface area contributed by atoms with E-state index in [9.17, 15) is 8.42 Å². The van der Waals surface area contributed by atoms with Crippen molar-refractivity contribution in [3.8, 4) is 0 Å². The second kappa shape index (κ2) is 5.19. The molecule has 1 heterocycles. The zero-order valence-corrected chi connectivity index (χ0v) is 9.58. The molecule has 7 nitrogen and oxygen atoms in total. The number of aryl methyl sites for hydroxylation is 1. The van der Waals surface area contributed by atoms with E-state index in [4.69, 9.17) is 0 Å². The molecule has 0 amide bonds. The molecule has 0 aliphatic heterocycles. The Labute approximate surface area is 88.9 Å². The Bertz CT molecular complexity index is 399. The van der Waals surface area contributed by atoms with Crippen molar-refractivity contribution in [2.45, 2.75) is 6.54 Å². The van der Waals surface area contributed by atoms with E-state index in [1.165, 1.54) is 11.0 Å². The van der Waals surface area contributed by atoms with Gasteiger partial charge in [-0.25, -0.2) is 18.1 Å². The first-order chi connectivity index (χ1) is 7.03. The minimum Gasteiger partial charge on any atom is -0.319 e. The Balaban J connectivity index is 2.42. The molecule has 0 aromatic carbocycles. The maximum absolute atomic E-state index is 11.4. The van der Waals surface area contributed by atoms with Crippen LogP contribution in [0.5, 0.6) is 0 Å². The number of hydrogen-bond donors (Lipinski definition) is 2. The number of nitrogens with one attached hydrogen (secondary N) is 2. The van der Waals surface area contributed by atoms with Crippen molar-refractivity contribution in [3.05, 3.63) is 12.2 Å². The van der Waals surface area contributed by atoms with Gasteiger partial charge in [-0.1, -0.05) is 0 Å². The Morgan fingerprint density at radius 2 is 2.27 bits per heavy atom. The Hall–Kier alpha value is -0.990. The SMILES string of the molecule is CNCCS(=O)(=O)NCc1ncn(C)n1. The van der Waals surface area contributed by atoms with Crippen LogP contribution in [-0.2, 0) is 23.6 Å². The van der Waals surface area contributed by atoms with E-state index in [0.29, 0.717) is 12.4 Å². The summed E-state index contributed by atoms with van der Waals surface area (Å²) in [4.78, 5) is 3.91. The first-order valence-electron chi connectivity index (χ1n) is 4.50. The van der Waals surface area contributed by atoms with Crippen LogP contribution in [0.2, 0.25) is 0 Å². The summed E-state index contributed by atoms with van der Waals surface area (Å²) < 4.78 is 26.7. The van der Waals surface area contributed by atoms with Gasteiger partial charge in [0.25, 0.3) is 0 Å². The summed E-state index contributed by atoms with van der Waals surface area (Å²) in [5.41, 5.74) is 0. The minimum absolute atomic E-state index is 0.0519. The fourth-order valence-electron chi connectivity index (χ4n) is 0.948. The standard InChI is InChI=1S/C7H15N5O2S/c1-8-3-4-15(13,14)10-5-7-9-6-12(2)11-7/h6,8,10H,3-5H2,1-2H3. The van der Waals surface area contributed by atoms with Gasteiger partial charge in [-0.3, -0.25) is 4.68 Å². The first-order valence-corrected chi connectivity index (χ1v) is 6.15. The highest BCUT2D eigenvalue weighted by Crippen LogP contribution is 1.90. The minimum atomic E-state index is -3.23. The van der Waals surface area contributed by atoms with Crippen molar-refractivity contribution in [2.24, 2.45) is 7.05 Å². The maximum Gasteiger partial charge on any atom is 0.213 e. The topological polar surface area (TPSA) is 88.9 Å². The van der Waals surface area contributed by atoms with E-state index < -0.39 is 10.0 Å². The van der Waals surface area contributed by atoms with Gasteiger partial charge in [-0.05, 0) is 7.05 Å². The van der Waals surface area contributed by atoms with Crippen molar-refractivity contribution in [1.29, 1.82) is 0 Å². The zero-order valence-electron chi connectivity index (χ0n) is 8.77. The molecule has 8 heteroatoms. The molecule has 0 saturated carbocycles. The van der Waals surface area contributed by atoms with Gasteiger partial charge in [0.05, 0.1) is 12.3 Å². The van der Waals surface area contributed by atoms with Crippen molar-refractivity contribution in [3.63, 3.8) is 0 Å². The Kier molecular flexibility index (Phi) is 4.18. The predicted molar refractivity (Wildman–Crippen MR) is 55.6 cm³/mol. The lowest BCUT2D eigenvalue weighted by atomic mass is 10.6. The molecule has 0 aliphatic rings. The van der Waals surface area contributed by atoms with E-state index in [1.54, 1.807) is 14.1 Å². The highest BCUT2D eigenvalue weighted by molar-refractivity contribution is 7.89. The van der Waals surface area contributed by atoms with Crippen LogP contribution < -0.4 is 10.0 Å². The monoisotopic (exact) mass is 233 g/mol. The molecule has 1 aromatic heterocycles. The molecule has 0 bridgehead atoms. The summed E-state index contributed by atoms with van der Waals surface area (Å²) in [6.07, 6.45) is 1.53. The molecular weight excluding hydrogens is 218 g/mol. The second-order valence-corrected chi connectivity index (χ2v) is 5.00. The summed E-state index contributed by atoms with van der Waals surface area (Å²) >= 11 is 0. The van der Waals surface area contributed by atoms with E-state index >= 15 is 0 Å². The van der Waals surface area contributed by atoms with Gasteiger partial charge in [0.15, 0.2) is 5.82 Å². The smallest absolute Gasteiger partial charge is 0.213 e. The van der Waals surface area contributed by atoms with Gasteiger partial charge < -0.3 is 5.32 Å². The first kappa shape index (κ1) is 12.1. The van der Waals surface area contributed by atoms with Crippen LogP contribution in [0.4, 0.5) is 0 Å². The lowest BCUT2D eigenvalue weighted by molar-refractivity contribution is 0.576. The second-order valence-electron chi connectivity index (χ2n) is 3.08. The van der Waals surface area contributed by atoms with E-state index in [-0.39, 0.29) is 12.3 Å². The quantitative estimate of drug-likeness (QED) is 0.621. The average Bonchev–Trinajstić information content (AvgIpc) is 2.59. The van der Waals surface area contributed by atoms with Gasteiger partial charge in [0.1, 0.15) is 6.33 Å². The van der Waals surface area contributed by atoms with Crippen molar-refractivity contribution < 1.29 is 8.42 Å². The third-order valence-electron chi connectivity index (χ3n) is 1.72. The Morgan fingerprint density at radius 3 is 2.80 bits per heavy atom. The molecule has 0 fully saturated rings. The molecule has 0 spiro atoms. The third kappa shape index (κ3) is 4.36. The normalized spacial score (nSPS) is 11.9. The molecule has 0 aliphatic carbocycles. The lowest BCUT2D eigenvalue weighted by Crippen LogP contribution is -2.30. The van der Waals surface area contributed by atoms with Crippen molar-refractivity contribution in [2.75, 3.05) is 19.3 Å². The molecule has 0 saturated heterocycles. The van der Waals surface area contributed by atoms with Crippen LogP contribution in [0.25, 0.3) is 0 Å². The van der Waals surface area contributed by atoms with Crippen LogP contribution in [0.3, 0.4) is 0 Å². The largest absolute Gasteiger partial charge is 0.319 e. The summed E-state index contributed by atoms with van der Waals surface area (Å²) in [5.74, 6) is 0.515. The molecule has 0 radical (unpaired) electrons.